The highest BCUT2D eigenvalue weighted by Crippen LogP contribution is 2.33. The van der Waals surface area contributed by atoms with Crippen LogP contribution in [0.5, 0.6) is 0 Å². The summed E-state index contributed by atoms with van der Waals surface area (Å²) >= 11 is 0. The minimum absolute atomic E-state index is 0.0142. The molecular formula is C28H22F2N6O. The summed E-state index contributed by atoms with van der Waals surface area (Å²) in [6, 6.07) is 19.6. The Labute approximate surface area is 212 Å². The highest BCUT2D eigenvalue weighted by Gasteiger charge is 2.30. The lowest BCUT2D eigenvalue weighted by Gasteiger charge is -2.41. The second-order valence-electron chi connectivity index (χ2n) is 8.90. The van der Waals surface area contributed by atoms with Gasteiger partial charge in [-0.3, -0.25) is 9.69 Å². The lowest BCUT2D eigenvalue weighted by atomic mass is 9.96. The number of hydrogen-bond donors (Lipinski definition) is 0. The highest BCUT2D eigenvalue weighted by atomic mass is 19.1. The maximum Gasteiger partial charge on any atom is 0.270 e. The van der Waals surface area contributed by atoms with Crippen LogP contribution in [0.2, 0.25) is 0 Å². The molecule has 0 amide bonds. The van der Waals surface area contributed by atoms with Crippen LogP contribution in [0.25, 0.3) is 11.0 Å². The Morgan fingerprint density at radius 1 is 0.838 bits per heavy atom. The average molecular weight is 497 g/mol. The van der Waals surface area contributed by atoms with Crippen molar-refractivity contribution in [1.82, 2.24) is 14.5 Å². The maximum absolute atomic E-state index is 13.7. The molecule has 2 aromatic carbocycles. The van der Waals surface area contributed by atoms with Gasteiger partial charge in [-0.1, -0.05) is 24.3 Å². The van der Waals surface area contributed by atoms with E-state index in [1.807, 2.05) is 17.0 Å². The van der Waals surface area contributed by atoms with Crippen molar-refractivity contribution >= 4 is 16.7 Å². The third-order valence-corrected chi connectivity index (χ3v) is 6.81. The Morgan fingerprint density at radius 2 is 1.41 bits per heavy atom. The Hall–Kier alpha value is -4.60. The number of nitriles is 2. The summed E-state index contributed by atoms with van der Waals surface area (Å²) in [5, 5.41) is 19.3. The summed E-state index contributed by atoms with van der Waals surface area (Å²) < 4.78 is 28.7. The van der Waals surface area contributed by atoms with E-state index in [1.165, 1.54) is 28.8 Å². The topological polar surface area (TPSA) is 88.9 Å². The van der Waals surface area contributed by atoms with E-state index in [0.29, 0.717) is 42.9 Å². The van der Waals surface area contributed by atoms with Gasteiger partial charge in [-0.25, -0.2) is 13.8 Å². The largest absolute Gasteiger partial charge is 0.366 e. The molecule has 0 radical (unpaired) electrons. The van der Waals surface area contributed by atoms with Gasteiger partial charge < -0.3 is 9.47 Å². The van der Waals surface area contributed by atoms with Crippen LogP contribution in [-0.2, 0) is 7.05 Å². The van der Waals surface area contributed by atoms with Gasteiger partial charge in [0.1, 0.15) is 40.5 Å². The Bertz CT molecular complexity index is 1560. The average Bonchev–Trinajstić information content (AvgIpc) is 2.93. The van der Waals surface area contributed by atoms with Crippen LogP contribution in [0, 0.1) is 34.3 Å². The first-order chi connectivity index (χ1) is 17.9. The van der Waals surface area contributed by atoms with Crippen LogP contribution in [0.4, 0.5) is 14.5 Å². The maximum atomic E-state index is 13.7. The molecule has 184 valence electrons. The minimum atomic E-state index is -0.422. The van der Waals surface area contributed by atoms with Crippen molar-refractivity contribution in [1.29, 1.82) is 10.5 Å². The monoisotopic (exact) mass is 496 g/mol. The number of nitrogens with zero attached hydrogens (tertiary/aromatic N) is 6. The standard InChI is InChI=1S/C28H22F2N6O/c1-34-24-11-10-22(16-31)33-25(24)27(23(17-32)28(34)37)36-14-12-35(13-15-36)26(18-2-6-20(29)7-3-18)19-4-8-21(30)9-5-19/h2-11,26H,12-15H2,1H3. The van der Waals surface area contributed by atoms with Crippen molar-refractivity contribution in [2.45, 2.75) is 6.04 Å². The smallest absolute Gasteiger partial charge is 0.270 e. The van der Waals surface area contributed by atoms with Gasteiger partial charge in [0.25, 0.3) is 5.56 Å². The summed E-state index contributed by atoms with van der Waals surface area (Å²) in [7, 11) is 1.58. The third-order valence-electron chi connectivity index (χ3n) is 6.81. The Balaban J connectivity index is 1.52. The first-order valence-corrected chi connectivity index (χ1v) is 11.7. The molecule has 0 spiro atoms. The van der Waals surface area contributed by atoms with Crippen molar-refractivity contribution in [2.75, 3.05) is 31.1 Å². The number of anilines is 1. The van der Waals surface area contributed by atoms with Crippen LogP contribution in [-0.4, -0.2) is 40.6 Å². The molecule has 1 aliphatic rings. The molecule has 1 saturated heterocycles. The van der Waals surface area contributed by atoms with Crippen molar-refractivity contribution in [3.63, 3.8) is 0 Å². The molecule has 1 fully saturated rings. The number of halogens is 2. The summed E-state index contributed by atoms with van der Waals surface area (Å²) in [4.78, 5) is 21.6. The normalized spacial score (nSPS) is 14.1. The summed E-state index contributed by atoms with van der Waals surface area (Å²) in [5.41, 5.74) is 2.90. The number of piperazine rings is 1. The predicted octanol–water partition coefficient (Wildman–Crippen LogP) is 3.87. The van der Waals surface area contributed by atoms with E-state index in [9.17, 15) is 24.1 Å². The zero-order valence-corrected chi connectivity index (χ0v) is 20.0. The fourth-order valence-corrected chi connectivity index (χ4v) is 4.97. The fourth-order valence-electron chi connectivity index (χ4n) is 4.97. The van der Waals surface area contributed by atoms with Crippen molar-refractivity contribution in [3.8, 4) is 12.1 Å². The molecule has 9 heteroatoms. The van der Waals surface area contributed by atoms with E-state index in [2.05, 4.69) is 9.88 Å². The zero-order chi connectivity index (χ0) is 26.1. The molecule has 0 bridgehead atoms. The van der Waals surface area contributed by atoms with Gasteiger partial charge in [-0.15, -0.1) is 0 Å². The molecule has 0 N–H and O–H groups in total. The lowest BCUT2D eigenvalue weighted by molar-refractivity contribution is 0.212. The number of hydrogen-bond acceptors (Lipinski definition) is 6. The number of rotatable bonds is 4. The van der Waals surface area contributed by atoms with Crippen molar-refractivity contribution in [3.05, 3.63) is 105 Å². The number of aromatic nitrogens is 2. The van der Waals surface area contributed by atoms with Gasteiger partial charge >= 0.3 is 0 Å². The first kappa shape index (κ1) is 24.1. The zero-order valence-electron chi connectivity index (χ0n) is 20.0. The molecule has 5 rings (SSSR count). The molecule has 0 atom stereocenters. The molecule has 0 saturated carbocycles. The second kappa shape index (κ2) is 9.81. The molecule has 3 heterocycles. The van der Waals surface area contributed by atoms with Gasteiger partial charge in [-0.2, -0.15) is 10.5 Å². The molecule has 2 aromatic heterocycles. The van der Waals surface area contributed by atoms with Gasteiger partial charge in [0.15, 0.2) is 0 Å². The van der Waals surface area contributed by atoms with E-state index < -0.39 is 5.56 Å². The van der Waals surface area contributed by atoms with Gasteiger partial charge in [0, 0.05) is 33.2 Å². The van der Waals surface area contributed by atoms with Crippen LogP contribution in [0.15, 0.2) is 65.5 Å². The van der Waals surface area contributed by atoms with Gasteiger partial charge in [-0.05, 0) is 47.5 Å². The quantitative estimate of drug-likeness (QED) is 0.426. The SMILES string of the molecule is Cn1c(=O)c(C#N)c(N2CCN(C(c3ccc(F)cc3)c3ccc(F)cc3)CC2)c2nc(C#N)ccc21. The minimum Gasteiger partial charge on any atom is -0.366 e. The summed E-state index contributed by atoms with van der Waals surface area (Å²) in [6.07, 6.45) is 0. The van der Waals surface area contributed by atoms with E-state index in [1.54, 1.807) is 43.4 Å². The van der Waals surface area contributed by atoms with Crippen molar-refractivity contribution < 1.29 is 8.78 Å². The summed E-state index contributed by atoms with van der Waals surface area (Å²) in [5.74, 6) is -0.672. The van der Waals surface area contributed by atoms with E-state index in [0.717, 1.165) is 11.1 Å². The Morgan fingerprint density at radius 3 is 1.92 bits per heavy atom. The second-order valence-corrected chi connectivity index (χ2v) is 8.90. The number of benzene rings is 2. The predicted molar refractivity (Wildman–Crippen MR) is 135 cm³/mol. The van der Waals surface area contributed by atoms with E-state index in [-0.39, 0.29) is 28.9 Å². The number of pyridine rings is 2. The molecule has 7 nitrogen and oxygen atoms in total. The van der Waals surface area contributed by atoms with E-state index >= 15 is 0 Å². The molecule has 37 heavy (non-hydrogen) atoms. The third kappa shape index (κ3) is 4.42. The highest BCUT2D eigenvalue weighted by molar-refractivity contribution is 5.92. The fraction of sp³-hybridized carbons (Fsp3) is 0.214. The van der Waals surface area contributed by atoms with Gasteiger partial charge in [0.05, 0.1) is 17.2 Å². The van der Waals surface area contributed by atoms with Crippen LogP contribution >= 0.6 is 0 Å². The summed E-state index contributed by atoms with van der Waals surface area (Å²) in [6.45, 7) is 2.07. The van der Waals surface area contributed by atoms with Crippen LogP contribution in [0.1, 0.15) is 28.4 Å². The molecule has 4 aromatic rings. The van der Waals surface area contributed by atoms with Crippen molar-refractivity contribution in [2.24, 2.45) is 7.05 Å². The number of aryl methyl sites for hydroxylation is 1. The molecule has 0 unspecified atom stereocenters. The molecule has 0 aliphatic carbocycles. The van der Waals surface area contributed by atoms with Crippen LogP contribution in [0.3, 0.4) is 0 Å². The lowest BCUT2D eigenvalue weighted by Crippen LogP contribution is -2.48. The number of fused-ring (bicyclic) bond motifs is 1. The van der Waals surface area contributed by atoms with Gasteiger partial charge in [0.2, 0.25) is 0 Å². The first-order valence-electron chi connectivity index (χ1n) is 11.7. The Kier molecular flexibility index (Phi) is 6.39. The molecule has 1 aliphatic heterocycles. The van der Waals surface area contributed by atoms with Crippen LogP contribution < -0.4 is 10.5 Å². The van der Waals surface area contributed by atoms with E-state index in [4.69, 9.17) is 0 Å². The molecular weight excluding hydrogens is 474 g/mol.